The number of furan rings is 1. The van der Waals surface area contributed by atoms with Crippen molar-refractivity contribution in [1.82, 2.24) is 9.80 Å². The molecular weight excluding hydrogens is 410 g/mol. The molecule has 2 amide bonds. The highest BCUT2D eigenvalue weighted by Crippen LogP contribution is 2.25. The highest BCUT2D eigenvalue weighted by Gasteiger charge is 2.24. The van der Waals surface area contributed by atoms with Crippen LogP contribution in [0, 0.1) is 11.3 Å². The van der Waals surface area contributed by atoms with Crippen molar-refractivity contribution in [2.24, 2.45) is 0 Å². The van der Waals surface area contributed by atoms with E-state index in [4.69, 9.17) is 4.42 Å². The number of hydrogen-bond donors (Lipinski definition) is 0. The van der Waals surface area contributed by atoms with Crippen LogP contribution in [0.4, 0.5) is 0 Å². The normalized spacial score (nSPS) is 14.8. The summed E-state index contributed by atoms with van der Waals surface area (Å²) < 4.78 is 6.73. The van der Waals surface area contributed by atoms with Gasteiger partial charge in [-0.2, -0.15) is 5.26 Å². The number of hydrogen-bond acceptors (Lipinski definition) is 4. The van der Waals surface area contributed by atoms with Gasteiger partial charge in [-0.1, -0.05) is 28.1 Å². The van der Waals surface area contributed by atoms with Crippen LogP contribution < -0.4 is 0 Å². The number of halogens is 1. The van der Waals surface area contributed by atoms with Gasteiger partial charge in [0.1, 0.15) is 23.2 Å². The molecule has 1 saturated heterocycles. The van der Waals surface area contributed by atoms with Gasteiger partial charge in [0.2, 0.25) is 5.91 Å². The van der Waals surface area contributed by atoms with Gasteiger partial charge in [-0.15, -0.1) is 0 Å². The molecular formula is C20H18BrN3O3. The SMILES string of the molecule is CC(=O)N1CCN(C(=O)C(C#N)=Cc2ccc(-c3ccc(Br)cc3)o2)CC1. The van der Waals surface area contributed by atoms with Gasteiger partial charge in [0.25, 0.3) is 5.91 Å². The number of carbonyl (C=O) groups is 2. The highest BCUT2D eigenvalue weighted by molar-refractivity contribution is 9.10. The fourth-order valence-corrected chi connectivity index (χ4v) is 3.14. The van der Waals surface area contributed by atoms with Crippen molar-refractivity contribution in [3.8, 4) is 17.4 Å². The van der Waals surface area contributed by atoms with Crippen LogP contribution in [0.5, 0.6) is 0 Å². The summed E-state index contributed by atoms with van der Waals surface area (Å²) >= 11 is 3.39. The largest absolute Gasteiger partial charge is 0.457 e. The first-order valence-electron chi connectivity index (χ1n) is 8.50. The van der Waals surface area contributed by atoms with Crippen LogP contribution in [-0.4, -0.2) is 47.8 Å². The highest BCUT2D eigenvalue weighted by atomic mass is 79.9. The first-order chi connectivity index (χ1) is 13.0. The minimum atomic E-state index is -0.345. The molecule has 0 bridgehead atoms. The lowest BCUT2D eigenvalue weighted by molar-refractivity contribution is -0.135. The number of piperazine rings is 1. The fraction of sp³-hybridized carbons (Fsp3) is 0.250. The maximum absolute atomic E-state index is 12.6. The molecule has 1 aromatic carbocycles. The average molecular weight is 428 g/mol. The van der Waals surface area contributed by atoms with Gasteiger partial charge in [-0.3, -0.25) is 9.59 Å². The molecule has 2 aromatic rings. The predicted molar refractivity (Wildman–Crippen MR) is 104 cm³/mol. The number of carbonyl (C=O) groups excluding carboxylic acids is 2. The minimum absolute atomic E-state index is 0.00537. The topological polar surface area (TPSA) is 77.5 Å². The summed E-state index contributed by atoms with van der Waals surface area (Å²) in [5.74, 6) is 0.755. The van der Waals surface area contributed by atoms with E-state index >= 15 is 0 Å². The molecule has 1 aliphatic heterocycles. The lowest BCUT2D eigenvalue weighted by Crippen LogP contribution is -2.50. The smallest absolute Gasteiger partial charge is 0.264 e. The molecule has 0 spiro atoms. The molecule has 1 aliphatic rings. The Morgan fingerprint density at radius 2 is 1.70 bits per heavy atom. The van der Waals surface area contributed by atoms with E-state index in [1.807, 2.05) is 30.3 Å². The molecule has 2 heterocycles. The van der Waals surface area contributed by atoms with Gasteiger partial charge >= 0.3 is 0 Å². The minimum Gasteiger partial charge on any atom is -0.457 e. The summed E-state index contributed by atoms with van der Waals surface area (Å²) in [7, 11) is 0. The number of nitrogens with zero attached hydrogens (tertiary/aromatic N) is 3. The maximum atomic E-state index is 12.6. The number of amides is 2. The number of rotatable bonds is 3. The Bertz CT molecular complexity index is 917. The summed E-state index contributed by atoms with van der Waals surface area (Å²) in [5.41, 5.74) is 0.922. The van der Waals surface area contributed by atoms with Crippen LogP contribution in [0.2, 0.25) is 0 Å². The quantitative estimate of drug-likeness (QED) is 0.555. The molecule has 7 heteroatoms. The maximum Gasteiger partial charge on any atom is 0.264 e. The van der Waals surface area contributed by atoms with Crippen molar-refractivity contribution in [2.45, 2.75) is 6.92 Å². The lowest BCUT2D eigenvalue weighted by Gasteiger charge is -2.34. The molecule has 0 unspecified atom stereocenters. The van der Waals surface area contributed by atoms with E-state index in [-0.39, 0.29) is 17.4 Å². The van der Waals surface area contributed by atoms with Crippen LogP contribution in [0.1, 0.15) is 12.7 Å². The van der Waals surface area contributed by atoms with Crippen LogP contribution >= 0.6 is 15.9 Å². The molecule has 0 N–H and O–H groups in total. The zero-order chi connectivity index (χ0) is 19.4. The molecule has 27 heavy (non-hydrogen) atoms. The van der Waals surface area contributed by atoms with Crippen molar-refractivity contribution in [2.75, 3.05) is 26.2 Å². The standard InChI is InChI=1S/C20H18BrN3O3/c1-14(25)23-8-10-24(11-9-23)20(26)16(13-22)12-18-6-7-19(27-18)15-2-4-17(21)5-3-15/h2-7,12H,8-11H2,1H3. The van der Waals surface area contributed by atoms with Gasteiger partial charge < -0.3 is 14.2 Å². The third kappa shape index (κ3) is 4.47. The van der Waals surface area contributed by atoms with Crippen LogP contribution in [0.25, 0.3) is 17.4 Å². The third-order valence-electron chi connectivity index (χ3n) is 4.41. The van der Waals surface area contributed by atoms with Gasteiger partial charge in [-0.25, -0.2) is 0 Å². The molecule has 0 saturated carbocycles. The van der Waals surface area contributed by atoms with Gasteiger partial charge in [0.05, 0.1) is 0 Å². The molecule has 1 fully saturated rings. The zero-order valence-electron chi connectivity index (χ0n) is 14.8. The molecule has 6 nitrogen and oxygen atoms in total. The fourth-order valence-electron chi connectivity index (χ4n) is 2.88. The van der Waals surface area contributed by atoms with E-state index in [1.165, 1.54) is 13.0 Å². The van der Waals surface area contributed by atoms with E-state index in [9.17, 15) is 14.9 Å². The van der Waals surface area contributed by atoms with Gasteiger partial charge in [0, 0.05) is 49.2 Å². The van der Waals surface area contributed by atoms with Crippen molar-refractivity contribution in [3.63, 3.8) is 0 Å². The Hall–Kier alpha value is -2.85. The second kappa shape index (κ2) is 8.23. The van der Waals surface area contributed by atoms with Crippen LogP contribution in [-0.2, 0) is 9.59 Å². The summed E-state index contributed by atoms with van der Waals surface area (Å²) in [5, 5.41) is 9.41. The predicted octanol–water partition coefficient (Wildman–Crippen LogP) is 3.31. The van der Waals surface area contributed by atoms with Crippen molar-refractivity contribution >= 4 is 33.8 Å². The monoisotopic (exact) mass is 427 g/mol. The molecule has 0 aliphatic carbocycles. The van der Waals surface area contributed by atoms with Gasteiger partial charge in [0.15, 0.2) is 0 Å². The molecule has 3 rings (SSSR count). The van der Waals surface area contributed by atoms with Crippen LogP contribution in [0.3, 0.4) is 0 Å². The first kappa shape index (κ1) is 18.9. The first-order valence-corrected chi connectivity index (χ1v) is 9.29. The second-order valence-electron chi connectivity index (χ2n) is 6.18. The lowest BCUT2D eigenvalue weighted by atomic mass is 10.2. The number of benzene rings is 1. The molecule has 138 valence electrons. The van der Waals surface area contributed by atoms with E-state index in [0.29, 0.717) is 37.7 Å². The summed E-state index contributed by atoms with van der Waals surface area (Å²) in [6, 6.07) is 13.2. The molecule has 0 radical (unpaired) electrons. The Morgan fingerprint density at radius 1 is 1.07 bits per heavy atom. The van der Waals surface area contributed by atoms with E-state index in [2.05, 4.69) is 15.9 Å². The molecule has 0 atom stereocenters. The Kier molecular flexibility index (Phi) is 5.77. The Labute approximate surface area is 165 Å². The third-order valence-corrected chi connectivity index (χ3v) is 4.93. The molecule has 1 aromatic heterocycles. The summed E-state index contributed by atoms with van der Waals surface area (Å²) in [6.45, 7) is 3.31. The van der Waals surface area contributed by atoms with E-state index < -0.39 is 0 Å². The van der Waals surface area contributed by atoms with E-state index in [0.717, 1.165) is 10.0 Å². The Balaban J connectivity index is 1.73. The Morgan fingerprint density at radius 3 is 2.30 bits per heavy atom. The van der Waals surface area contributed by atoms with Crippen molar-refractivity contribution in [3.05, 3.63) is 52.2 Å². The van der Waals surface area contributed by atoms with Gasteiger partial charge in [-0.05, 0) is 24.3 Å². The van der Waals surface area contributed by atoms with Crippen LogP contribution in [0.15, 0.2) is 50.9 Å². The zero-order valence-corrected chi connectivity index (χ0v) is 16.4. The van der Waals surface area contributed by atoms with E-state index in [1.54, 1.807) is 21.9 Å². The van der Waals surface area contributed by atoms with Crippen molar-refractivity contribution in [1.29, 1.82) is 5.26 Å². The summed E-state index contributed by atoms with van der Waals surface area (Å²) in [4.78, 5) is 27.3. The van der Waals surface area contributed by atoms with Crippen molar-refractivity contribution < 1.29 is 14.0 Å². The average Bonchev–Trinajstić information content (AvgIpc) is 3.15. The number of nitriles is 1. The summed E-state index contributed by atoms with van der Waals surface area (Å²) in [6.07, 6.45) is 1.46. The second-order valence-corrected chi connectivity index (χ2v) is 7.09.